The van der Waals surface area contributed by atoms with Gasteiger partial charge in [-0.2, -0.15) is 0 Å². The number of carboxylic acids is 1. The van der Waals surface area contributed by atoms with Crippen LogP contribution in [0.4, 0.5) is 0 Å². The van der Waals surface area contributed by atoms with Crippen LogP contribution in [0.3, 0.4) is 0 Å². The van der Waals surface area contributed by atoms with Gasteiger partial charge in [-0.1, -0.05) is 54.6 Å². The molecule has 34 heavy (non-hydrogen) atoms. The molecule has 0 bridgehead atoms. The van der Waals surface area contributed by atoms with Crippen LogP contribution in [-0.4, -0.2) is 27.0 Å². The predicted octanol–water partition coefficient (Wildman–Crippen LogP) is 4.89. The van der Waals surface area contributed by atoms with Crippen molar-refractivity contribution in [2.45, 2.75) is 5.92 Å². The number of benzene rings is 3. The van der Waals surface area contributed by atoms with Crippen LogP contribution >= 0.6 is 0 Å². The minimum atomic E-state index is -1.01. The van der Waals surface area contributed by atoms with Gasteiger partial charge in [0.05, 0.1) is 16.7 Å². The Labute approximate surface area is 194 Å². The Hall–Kier alpha value is -4.78. The minimum Gasteiger partial charge on any atom is -0.480 e. The number of hydrogen-bond acceptors (Lipinski definition) is 5. The number of nitrogens with zero attached hydrogens (tertiary/aromatic N) is 2. The van der Waals surface area contributed by atoms with E-state index in [-0.39, 0.29) is 11.4 Å². The van der Waals surface area contributed by atoms with Gasteiger partial charge >= 0.3 is 5.97 Å². The van der Waals surface area contributed by atoms with Crippen molar-refractivity contribution in [2.75, 3.05) is 0 Å². The van der Waals surface area contributed by atoms with Crippen molar-refractivity contribution in [1.29, 1.82) is 0 Å². The molecule has 0 aliphatic heterocycles. The lowest BCUT2D eigenvalue weighted by Gasteiger charge is -2.14. The zero-order chi connectivity index (χ0) is 23.7. The number of aromatic nitrogens is 2. The molecule has 0 aliphatic carbocycles. The molecule has 166 valence electrons. The summed E-state index contributed by atoms with van der Waals surface area (Å²) in [6.45, 7) is 0. The first-order valence-electron chi connectivity index (χ1n) is 10.6. The van der Waals surface area contributed by atoms with Gasteiger partial charge in [-0.25, -0.2) is 4.98 Å². The lowest BCUT2D eigenvalue weighted by Crippen LogP contribution is -2.15. The van der Waals surface area contributed by atoms with Crippen LogP contribution in [0, 0.1) is 0 Å². The molecule has 0 saturated carbocycles. The molecule has 3 N–H and O–H groups in total. The normalized spacial score (nSPS) is 11.9. The van der Waals surface area contributed by atoms with Gasteiger partial charge in [0.2, 0.25) is 5.88 Å². The Kier molecular flexibility index (Phi) is 5.35. The highest BCUT2D eigenvalue weighted by molar-refractivity contribution is 5.99. The summed E-state index contributed by atoms with van der Waals surface area (Å²) in [7, 11) is 0. The van der Waals surface area contributed by atoms with E-state index in [1.807, 2.05) is 54.6 Å². The summed E-state index contributed by atoms with van der Waals surface area (Å²) in [4.78, 5) is 33.1. The Morgan fingerprint density at radius 3 is 2.12 bits per heavy atom. The molecule has 2 aromatic heterocycles. The average Bonchev–Trinajstić information content (AvgIpc) is 2.84. The molecule has 0 fully saturated rings. The maximum atomic E-state index is 12.1. The van der Waals surface area contributed by atoms with E-state index in [1.165, 1.54) is 0 Å². The van der Waals surface area contributed by atoms with Crippen molar-refractivity contribution in [1.82, 2.24) is 9.97 Å². The first-order valence-corrected chi connectivity index (χ1v) is 10.6. The molecule has 0 radical (unpaired) electrons. The van der Waals surface area contributed by atoms with E-state index in [0.29, 0.717) is 22.5 Å². The van der Waals surface area contributed by atoms with Crippen LogP contribution in [0.1, 0.15) is 27.5 Å². The van der Waals surface area contributed by atoms with E-state index in [1.54, 1.807) is 36.4 Å². The molecule has 1 unspecified atom stereocenters. The van der Waals surface area contributed by atoms with Crippen LogP contribution in [0.5, 0.6) is 11.6 Å². The molecular formula is C27H19N3O4. The highest BCUT2D eigenvalue weighted by Gasteiger charge is 2.24. The molecule has 5 aromatic rings. The van der Waals surface area contributed by atoms with Gasteiger partial charge in [0.15, 0.2) is 0 Å². The number of ether oxygens (including phenoxy) is 1. The zero-order valence-corrected chi connectivity index (χ0v) is 17.9. The average molecular weight is 449 g/mol. The largest absolute Gasteiger partial charge is 0.480 e. The number of aliphatic carboxylic acids is 1. The van der Waals surface area contributed by atoms with E-state index in [4.69, 9.17) is 10.5 Å². The Morgan fingerprint density at radius 1 is 0.794 bits per heavy atom. The van der Waals surface area contributed by atoms with Gasteiger partial charge in [-0.05, 0) is 42.0 Å². The fourth-order valence-electron chi connectivity index (χ4n) is 3.87. The molecule has 1 atom stereocenters. The third-order valence-corrected chi connectivity index (χ3v) is 5.55. The Morgan fingerprint density at radius 2 is 1.44 bits per heavy atom. The van der Waals surface area contributed by atoms with Gasteiger partial charge in [-0.15, -0.1) is 0 Å². The summed E-state index contributed by atoms with van der Waals surface area (Å²) in [6, 6.07) is 26.7. The van der Waals surface area contributed by atoms with Crippen molar-refractivity contribution in [2.24, 2.45) is 5.73 Å². The Balaban J connectivity index is 1.47. The van der Waals surface area contributed by atoms with Crippen LogP contribution in [0.15, 0.2) is 91.0 Å². The molecular weight excluding hydrogens is 430 g/mol. The van der Waals surface area contributed by atoms with E-state index in [2.05, 4.69) is 9.97 Å². The second-order valence-corrected chi connectivity index (χ2v) is 7.77. The minimum absolute atomic E-state index is 0.0879. The van der Waals surface area contributed by atoms with Crippen LogP contribution < -0.4 is 10.5 Å². The van der Waals surface area contributed by atoms with Gasteiger partial charge in [0.25, 0.3) is 5.91 Å². The molecule has 5 rings (SSSR count). The van der Waals surface area contributed by atoms with Crippen LogP contribution in [0.2, 0.25) is 0 Å². The van der Waals surface area contributed by atoms with Gasteiger partial charge in [-0.3, -0.25) is 14.6 Å². The summed E-state index contributed by atoms with van der Waals surface area (Å²) in [5, 5.41) is 11.6. The number of para-hydroxylation sites is 2. The topological polar surface area (TPSA) is 115 Å². The number of hydrogen-bond donors (Lipinski definition) is 2. The number of fused-ring (bicyclic) bond motifs is 2. The number of carboxylic acid groups (broad SMARTS) is 1. The van der Waals surface area contributed by atoms with Crippen LogP contribution in [-0.2, 0) is 4.79 Å². The molecule has 3 aromatic carbocycles. The highest BCUT2D eigenvalue weighted by Crippen LogP contribution is 2.30. The second-order valence-electron chi connectivity index (χ2n) is 7.77. The quantitative estimate of drug-likeness (QED) is 0.381. The van der Waals surface area contributed by atoms with Gasteiger partial charge in [0, 0.05) is 10.8 Å². The number of rotatable bonds is 6. The summed E-state index contributed by atoms with van der Waals surface area (Å²) < 4.78 is 5.86. The smallest absolute Gasteiger partial charge is 0.317 e. The lowest BCUT2D eigenvalue weighted by atomic mass is 9.94. The van der Waals surface area contributed by atoms with E-state index < -0.39 is 17.8 Å². The molecule has 7 heteroatoms. The molecule has 7 nitrogen and oxygen atoms in total. The number of amides is 1. The van der Waals surface area contributed by atoms with Crippen molar-refractivity contribution in [3.8, 4) is 11.6 Å². The highest BCUT2D eigenvalue weighted by atomic mass is 16.5. The van der Waals surface area contributed by atoms with E-state index in [9.17, 15) is 14.7 Å². The molecule has 0 aliphatic rings. The standard InChI is InChI=1S/C27H19N3O4/c28-25(31)20-15-18-6-2-4-8-22(18)30-26(20)34-19-12-9-17(10-13-19)24(27(32)33)23-14-11-16-5-1-3-7-21(16)29-23/h1-15,24H,(H2,28,31)(H,32,33). The molecule has 0 saturated heterocycles. The molecule has 2 heterocycles. The van der Waals surface area contributed by atoms with Gasteiger partial charge in [0.1, 0.15) is 17.2 Å². The SMILES string of the molecule is NC(=O)c1cc2ccccc2nc1Oc1ccc(C(C(=O)O)c2ccc3ccccc3n2)cc1. The molecule has 1 amide bonds. The predicted molar refractivity (Wildman–Crippen MR) is 128 cm³/mol. The fourth-order valence-corrected chi connectivity index (χ4v) is 3.87. The number of carbonyl (C=O) groups is 2. The summed E-state index contributed by atoms with van der Waals surface area (Å²) in [5.74, 6) is -2.13. The lowest BCUT2D eigenvalue weighted by molar-refractivity contribution is -0.137. The number of nitrogens with two attached hydrogens (primary N) is 1. The fraction of sp³-hybridized carbons (Fsp3) is 0.0370. The molecule has 0 spiro atoms. The maximum absolute atomic E-state index is 12.1. The monoisotopic (exact) mass is 449 g/mol. The Bertz CT molecular complexity index is 1550. The first-order chi connectivity index (χ1) is 16.5. The number of primary amides is 1. The summed E-state index contributed by atoms with van der Waals surface area (Å²) >= 11 is 0. The van der Waals surface area contributed by atoms with Crippen LogP contribution in [0.25, 0.3) is 21.8 Å². The summed E-state index contributed by atoms with van der Waals surface area (Å²) in [5.41, 5.74) is 8.06. The van der Waals surface area contributed by atoms with Crippen molar-refractivity contribution >= 4 is 33.7 Å². The number of pyridine rings is 2. The van der Waals surface area contributed by atoms with E-state index in [0.717, 1.165) is 16.3 Å². The third kappa shape index (κ3) is 4.02. The van der Waals surface area contributed by atoms with E-state index >= 15 is 0 Å². The number of carbonyl (C=O) groups excluding carboxylic acids is 1. The van der Waals surface area contributed by atoms with Crippen molar-refractivity contribution < 1.29 is 19.4 Å². The maximum Gasteiger partial charge on any atom is 0.317 e. The van der Waals surface area contributed by atoms with Crippen molar-refractivity contribution in [3.05, 3.63) is 108 Å². The van der Waals surface area contributed by atoms with Gasteiger partial charge < -0.3 is 15.6 Å². The second kappa shape index (κ2) is 8.63. The first kappa shape index (κ1) is 21.1. The third-order valence-electron chi connectivity index (χ3n) is 5.55. The zero-order valence-electron chi connectivity index (χ0n) is 17.9. The van der Waals surface area contributed by atoms with Crippen molar-refractivity contribution in [3.63, 3.8) is 0 Å². The summed E-state index contributed by atoms with van der Waals surface area (Å²) in [6.07, 6.45) is 0.